The van der Waals surface area contributed by atoms with Gasteiger partial charge in [0.25, 0.3) is 0 Å². The van der Waals surface area contributed by atoms with Gasteiger partial charge in [-0.05, 0) is 43.9 Å². The van der Waals surface area contributed by atoms with Gasteiger partial charge in [-0.25, -0.2) is 0 Å². The lowest BCUT2D eigenvalue weighted by molar-refractivity contribution is -0.111. The van der Waals surface area contributed by atoms with Gasteiger partial charge in [0.1, 0.15) is 0 Å². The van der Waals surface area contributed by atoms with Crippen LogP contribution in [0.5, 0.6) is 0 Å². The maximum atomic E-state index is 12.8. The molecule has 1 spiro atoms. The monoisotopic (exact) mass is 307 g/mol. The number of hydrogen-bond acceptors (Lipinski definition) is 3. The lowest BCUT2D eigenvalue weighted by Gasteiger charge is -2.43. The second-order valence-electron chi connectivity index (χ2n) is 6.38. The zero-order valence-electron chi connectivity index (χ0n) is 12.2. The highest BCUT2D eigenvalue weighted by Gasteiger charge is 2.41. The summed E-state index contributed by atoms with van der Waals surface area (Å²) < 4.78 is 6.07. The molecule has 1 aromatic rings. The maximum absolute atomic E-state index is 12.8. The first-order valence-electron chi connectivity index (χ1n) is 7.83. The molecule has 1 saturated carbocycles. The van der Waals surface area contributed by atoms with Crippen molar-refractivity contribution < 1.29 is 9.53 Å². The normalized spacial score (nSPS) is 24.9. The third kappa shape index (κ3) is 3.09. The van der Waals surface area contributed by atoms with Gasteiger partial charge in [0.2, 0.25) is 0 Å². The summed E-state index contributed by atoms with van der Waals surface area (Å²) in [6, 6.07) is 5.15. The number of nitrogens with two attached hydrogens (primary N) is 1. The zero-order chi connectivity index (χ0) is 14.9. The predicted octanol–water partition coefficient (Wildman–Crippen LogP) is 4.23. The topological polar surface area (TPSA) is 52.3 Å². The van der Waals surface area contributed by atoms with Crippen LogP contribution in [0.3, 0.4) is 0 Å². The number of nitrogen functional groups attached to an aromatic ring is 1. The van der Waals surface area contributed by atoms with E-state index in [1.165, 1.54) is 19.3 Å². The molecule has 0 radical (unpaired) electrons. The fourth-order valence-corrected chi connectivity index (χ4v) is 3.95. The molecule has 2 aliphatic rings. The third-order valence-electron chi connectivity index (χ3n) is 4.91. The molecule has 1 unspecified atom stereocenters. The average Bonchev–Trinajstić information content (AvgIpc) is 2.47. The second-order valence-corrected chi connectivity index (χ2v) is 6.81. The van der Waals surface area contributed by atoms with E-state index in [0.29, 0.717) is 22.9 Å². The van der Waals surface area contributed by atoms with Crippen molar-refractivity contribution in [1.82, 2.24) is 0 Å². The largest absolute Gasteiger partial charge is 0.398 e. The summed E-state index contributed by atoms with van der Waals surface area (Å²) in [5, 5.41) is 0.569. The lowest BCUT2D eigenvalue weighted by Crippen LogP contribution is -2.43. The van der Waals surface area contributed by atoms with E-state index >= 15 is 0 Å². The van der Waals surface area contributed by atoms with Crippen LogP contribution in [0.2, 0.25) is 5.02 Å². The smallest absolute Gasteiger partial charge is 0.168 e. The first-order valence-corrected chi connectivity index (χ1v) is 8.21. The Bertz CT molecular complexity index is 532. The van der Waals surface area contributed by atoms with Gasteiger partial charge in [0.15, 0.2) is 5.78 Å². The number of ether oxygens (including phenoxy) is 1. The highest BCUT2D eigenvalue weighted by Crippen LogP contribution is 2.41. The summed E-state index contributed by atoms with van der Waals surface area (Å²) in [6.45, 7) is 0.684. The Balaban J connectivity index is 1.77. The van der Waals surface area contributed by atoms with Crippen molar-refractivity contribution in [2.75, 3.05) is 12.3 Å². The Morgan fingerprint density at radius 2 is 2.05 bits per heavy atom. The van der Waals surface area contributed by atoms with Crippen LogP contribution in [0.4, 0.5) is 5.69 Å². The Kier molecular flexibility index (Phi) is 4.23. The minimum atomic E-state index is -0.0575. The number of hydrogen-bond donors (Lipinski definition) is 1. The number of anilines is 1. The van der Waals surface area contributed by atoms with E-state index < -0.39 is 0 Å². The molecule has 0 amide bonds. The summed E-state index contributed by atoms with van der Waals surface area (Å²) in [6.07, 6.45) is 7.53. The Labute approximate surface area is 130 Å². The van der Waals surface area contributed by atoms with E-state index in [4.69, 9.17) is 22.1 Å². The van der Waals surface area contributed by atoms with Crippen molar-refractivity contribution in [3.8, 4) is 0 Å². The zero-order valence-corrected chi connectivity index (χ0v) is 13.0. The highest BCUT2D eigenvalue weighted by molar-refractivity contribution is 6.31. The number of carbonyl (C=O) groups is 1. The van der Waals surface area contributed by atoms with Gasteiger partial charge in [0.05, 0.1) is 5.60 Å². The van der Waals surface area contributed by atoms with E-state index in [0.717, 1.165) is 25.7 Å². The van der Waals surface area contributed by atoms with Crippen molar-refractivity contribution in [2.24, 2.45) is 5.92 Å². The average molecular weight is 308 g/mol. The summed E-state index contributed by atoms with van der Waals surface area (Å²) in [7, 11) is 0. The lowest BCUT2D eigenvalue weighted by atomic mass is 9.74. The van der Waals surface area contributed by atoms with E-state index in [2.05, 4.69) is 0 Å². The van der Waals surface area contributed by atoms with Gasteiger partial charge in [-0.2, -0.15) is 0 Å². The van der Waals surface area contributed by atoms with Crippen molar-refractivity contribution in [2.45, 2.75) is 50.5 Å². The molecule has 21 heavy (non-hydrogen) atoms. The van der Waals surface area contributed by atoms with Crippen molar-refractivity contribution >= 4 is 23.1 Å². The molecule has 0 bridgehead atoms. The predicted molar refractivity (Wildman–Crippen MR) is 84.7 cm³/mol. The van der Waals surface area contributed by atoms with Crippen LogP contribution in [0.15, 0.2) is 18.2 Å². The molecule has 0 aromatic heterocycles. The number of Topliss-reactive ketones (excluding diaryl/α,β-unsaturated/α-hetero) is 1. The Morgan fingerprint density at radius 1 is 1.29 bits per heavy atom. The quantitative estimate of drug-likeness (QED) is 0.657. The number of halogens is 1. The van der Waals surface area contributed by atoms with Gasteiger partial charge in [-0.1, -0.05) is 30.9 Å². The molecule has 114 valence electrons. The fraction of sp³-hybridized carbons (Fsp3) is 0.588. The molecule has 2 N–H and O–H groups in total. The van der Waals surface area contributed by atoms with Gasteiger partial charge in [-0.3, -0.25) is 4.79 Å². The maximum Gasteiger partial charge on any atom is 0.168 e. The van der Waals surface area contributed by atoms with Gasteiger partial charge in [-0.15, -0.1) is 0 Å². The molecule has 4 heteroatoms. The summed E-state index contributed by atoms with van der Waals surface area (Å²) in [5.41, 5.74) is 7.00. The molecule has 1 heterocycles. The van der Waals surface area contributed by atoms with E-state index in [-0.39, 0.29) is 17.3 Å². The number of rotatable bonds is 2. The number of ketones is 1. The summed E-state index contributed by atoms with van der Waals surface area (Å²) in [5.74, 6) is 0.178. The van der Waals surface area contributed by atoms with E-state index in [1.54, 1.807) is 18.2 Å². The van der Waals surface area contributed by atoms with E-state index in [1.807, 2.05) is 0 Å². The fourth-order valence-electron chi connectivity index (χ4n) is 3.77. The highest BCUT2D eigenvalue weighted by atomic mass is 35.5. The standard InChI is InChI=1S/C17H22ClNO2/c18-13-4-5-14(15(19)10-13)16(20)12-6-9-21-17(11-12)7-2-1-3-8-17/h4-5,10,12H,1-3,6-9,11,19H2. The molecule has 1 aliphatic heterocycles. The third-order valence-corrected chi connectivity index (χ3v) is 5.14. The molecule has 3 rings (SSSR count). The molecule has 2 fully saturated rings. The summed E-state index contributed by atoms with van der Waals surface area (Å²) in [4.78, 5) is 12.8. The number of benzene rings is 1. The van der Waals surface area contributed by atoms with Gasteiger partial charge < -0.3 is 10.5 Å². The van der Waals surface area contributed by atoms with Crippen LogP contribution in [0.25, 0.3) is 0 Å². The van der Waals surface area contributed by atoms with Crippen LogP contribution >= 0.6 is 11.6 Å². The molecule has 1 aliphatic carbocycles. The van der Waals surface area contributed by atoms with Crippen molar-refractivity contribution in [1.29, 1.82) is 0 Å². The summed E-state index contributed by atoms with van der Waals surface area (Å²) >= 11 is 5.91. The van der Waals surface area contributed by atoms with E-state index in [9.17, 15) is 4.79 Å². The van der Waals surface area contributed by atoms with Crippen LogP contribution in [0.1, 0.15) is 55.3 Å². The SMILES string of the molecule is Nc1cc(Cl)ccc1C(=O)C1CCOC2(CCCCC2)C1. The van der Waals surface area contributed by atoms with Gasteiger partial charge in [0, 0.05) is 28.8 Å². The number of carbonyl (C=O) groups excluding carboxylic acids is 1. The van der Waals surface area contributed by atoms with Crippen LogP contribution in [-0.4, -0.2) is 18.0 Å². The molecule has 1 saturated heterocycles. The van der Waals surface area contributed by atoms with Crippen LogP contribution in [-0.2, 0) is 4.74 Å². The molecular weight excluding hydrogens is 286 g/mol. The Hall–Kier alpha value is -1.06. The van der Waals surface area contributed by atoms with Crippen LogP contribution < -0.4 is 5.73 Å². The second kappa shape index (κ2) is 5.98. The first-order chi connectivity index (χ1) is 10.1. The first kappa shape index (κ1) is 14.9. The minimum absolute atomic E-state index is 0.0281. The van der Waals surface area contributed by atoms with Crippen molar-refractivity contribution in [3.63, 3.8) is 0 Å². The molecule has 1 aromatic carbocycles. The van der Waals surface area contributed by atoms with Crippen LogP contribution in [0, 0.1) is 5.92 Å². The van der Waals surface area contributed by atoms with Crippen molar-refractivity contribution in [3.05, 3.63) is 28.8 Å². The Morgan fingerprint density at radius 3 is 2.76 bits per heavy atom. The minimum Gasteiger partial charge on any atom is -0.398 e. The molecule has 3 nitrogen and oxygen atoms in total. The van der Waals surface area contributed by atoms with Gasteiger partial charge >= 0.3 is 0 Å². The molecular formula is C17H22ClNO2. The molecule has 1 atom stereocenters.